The Hall–Kier alpha value is -4.01. The van der Waals surface area contributed by atoms with Crippen LogP contribution in [0, 0.1) is 12.8 Å². The standard InChI is InChI=1S/C46H51ClN4O4/c1-29-33(27-52)12-14-36-41(29)55-28-45(36)19-23-50(24-20-45)43(54)32-7-5-8-34(25-32)49-21-15-30(16-22-49)31-11-13-35-39(26-31)51-38-10-6-9-37(47)40(38)42(53)48-44(51)46(35)17-3-2-4-18-46/h6,9-14,26-27,30,32,34H,2-5,7-8,15-25,28H2,1H3. The van der Waals surface area contributed by atoms with Crippen molar-refractivity contribution in [1.82, 2.24) is 19.4 Å². The van der Waals surface area contributed by atoms with Crippen LogP contribution in [-0.4, -0.2) is 70.4 Å². The monoisotopic (exact) mass is 758 g/mol. The Morgan fingerprint density at radius 1 is 0.909 bits per heavy atom. The Morgan fingerprint density at radius 3 is 2.47 bits per heavy atom. The van der Waals surface area contributed by atoms with Gasteiger partial charge in [-0.05, 0) is 113 Å². The minimum atomic E-state index is -0.218. The number of amides is 1. The maximum atomic E-state index is 14.0. The first-order valence-corrected chi connectivity index (χ1v) is 21.3. The van der Waals surface area contributed by atoms with E-state index in [2.05, 4.69) is 38.6 Å². The number of carbonyl (C=O) groups excluding carboxylic acids is 2. The fourth-order valence-corrected chi connectivity index (χ4v) is 12.1. The van der Waals surface area contributed by atoms with Crippen LogP contribution >= 0.6 is 11.6 Å². The van der Waals surface area contributed by atoms with Crippen molar-refractivity contribution < 1.29 is 14.3 Å². The predicted octanol–water partition coefficient (Wildman–Crippen LogP) is 8.41. The van der Waals surface area contributed by atoms with Gasteiger partial charge in [0.2, 0.25) is 5.91 Å². The molecule has 5 heterocycles. The molecule has 10 rings (SSSR count). The van der Waals surface area contributed by atoms with E-state index in [0.29, 0.717) is 40.4 Å². The van der Waals surface area contributed by atoms with Crippen LogP contribution in [0.4, 0.5) is 0 Å². The average molecular weight is 759 g/mol. The van der Waals surface area contributed by atoms with Crippen molar-refractivity contribution >= 4 is 34.7 Å². The number of aldehydes is 1. The number of rotatable bonds is 4. The van der Waals surface area contributed by atoms with Crippen LogP contribution < -0.4 is 10.3 Å². The molecule has 3 aromatic carbocycles. The molecule has 4 fully saturated rings. The van der Waals surface area contributed by atoms with Crippen LogP contribution in [0.25, 0.3) is 16.6 Å². The molecule has 9 heteroatoms. The SMILES string of the molecule is Cc1c(C=O)ccc2c1OCC21CCN(C(=O)C2CCCC(N3CCC(c4ccc5c(c4)-n4c(nc(=O)c6c(Cl)cccc64)C54CCCCC4)CC3)C2)CC1. The number of ether oxygens (including phenoxy) is 1. The normalized spacial score (nSPS) is 24.4. The van der Waals surface area contributed by atoms with Crippen molar-refractivity contribution in [3.05, 3.63) is 97.5 Å². The van der Waals surface area contributed by atoms with Gasteiger partial charge in [-0.15, -0.1) is 0 Å². The van der Waals surface area contributed by atoms with Gasteiger partial charge in [-0.25, -0.2) is 0 Å². The highest BCUT2D eigenvalue weighted by molar-refractivity contribution is 6.35. The molecule has 8 nitrogen and oxygen atoms in total. The van der Waals surface area contributed by atoms with Crippen LogP contribution in [0.15, 0.2) is 53.3 Å². The number of aromatic nitrogens is 2. The van der Waals surface area contributed by atoms with Gasteiger partial charge in [0, 0.05) is 47.2 Å². The summed E-state index contributed by atoms with van der Waals surface area (Å²) in [6, 6.07) is 17.4. The largest absolute Gasteiger partial charge is 0.492 e. The Labute approximate surface area is 328 Å². The summed E-state index contributed by atoms with van der Waals surface area (Å²) in [7, 11) is 0. The summed E-state index contributed by atoms with van der Waals surface area (Å²) >= 11 is 6.62. The summed E-state index contributed by atoms with van der Waals surface area (Å²) in [6.45, 7) is 6.25. The number of nitrogens with zero attached hydrogens (tertiary/aromatic N) is 4. The highest BCUT2D eigenvalue weighted by Gasteiger charge is 2.48. The lowest BCUT2D eigenvalue weighted by Crippen LogP contribution is -2.50. The predicted molar refractivity (Wildman–Crippen MR) is 215 cm³/mol. The summed E-state index contributed by atoms with van der Waals surface area (Å²) in [5.74, 6) is 2.70. The molecule has 55 heavy (non-hydrogen) atoms. The molecule has 2 saturated heterocycles. The van der Waals surface area contributed by atoms with E-state index in [1.807, 2.05) is 25.1 Å². The summed E-state index contributed by atoms with van der Waals surface area (Å²) in [5.41, 5.74) is 7.09. The summed E-state index contributed by atoms with van der Waals surface area (Å²) in [5, 5.41) is 0.977. The number of halogens is 1. The Morgan fingerprint density at radius 2 is 1.69 bits per heavy atom. The Kier molecular flexibility index (Phi) is 8.74. The zero-order valence-electron chi connectivity index (χ0n) is 32.0. The maximum Gasteiger partial charge on any atom is 0.282 e. The van der Waals surface area contributed by atoms with Crippen LogP contribution in [0.1, 0.15) is 128 Å². The van der Waals surface area contributed by atoms with Crippen molar-refractivity contribution in [2.75, 3.05) is 32.8 Å². The molecular weight excluding hydrogens is 708 g/mol. The van der Waals surface area contributed by atoms with Gasteiger partial charge >= 0.3 is 0 Å². The van der Waals surface area contributed by atoms with E-state index in [-0.39, 0.29) is 22.3 Å². The van der Waals surface area contributed by atoms with Gasteiger partial charge in [-0.2, -0.15) is 4.98 Å². The van der Waals surface area contributed by atoms with Crippen molar-refractivity contribution in [3.8, 4) is 11.4 Å². The molecule has 1 aromatic heterocycles. The maximum absolute atomic E-state index is 14.0. The second kappa shape index (κ2) is 13.6. The van der Waals surface area contributed by atoms with Gasteiger partial charge in [0.15, 0.2) is 0 Å². The lowest BCUT2D eigenvalue weighted by molar-refractivity contribution is -0.139. The zero-order valence-corrected chi connectivity index (χ0v) is 32.7. The van der Waals surface area contributed by atoms with Crippen LogP contribution in [0.3, 0.4) is 0 Å². The number of fused-ring (bicyclic) bond motifs is 9. The molecule has 0 bridgehead atoms. The Balaban J connectivity index is 0.818. The lowest BCUT2D eigenvalue weighted by atomic mass is 9.69. The lowest BCUT2D eigenvalue weighted by Gasteiger charge is -2.43. The number of piperidine rings is 2. The van der Waals surface area contributed by atoms with E-state index in [0.717, 1.165) is 126 Å². The van der Waals surface area contributed by atoms with E-state index in [9.17, 15) is 14.4 Å². The Bertz CT molecular complexity index is 2260. The second-order valence-corrected chi connectivity index (χ2v) is 18.0. The molecule has 286 valence electrons. The summed E-state index contributed by atoms with van der Waals surface area (Å²) in [6.07, 6.45) is 14.7. The highest BCUT2D eigenvalue weighted by Crippen LogP contribution is 2.53. The van der Waals surface area contributed by atoms with Crippen molar-refractivity contribution in [1.29, 1.82) is 0 Å². The number of hydrogen-bond acceptors (Lipinski definition) is 6. The molecular formula is C46H51ClN4O4. The van der Waals surface area contributed by atoms with Gasteiger partial charge in [-0.1, -0.05) is 67.6 Å². The smallest absolute Gasteiger partial charge is 0.282 e. The van der Waals surface area contributed by atoms with Crippen molar-refractivity contribution in [2.24, 2.45) is 5.92 Å². The topological polar surface area (TPSA) is 84.7 Å². The van der Waals surface area contributed by atoms with E-state index in [4.69, 9.17) is 21.3 Å². The first-order chi connectivity index (χ1) is 26.8. The third-order valence-corrected chi connectivity index (χ3v) is 15.3. The van der Waals surface area contributed by atoms with Crippen LogP contribution in [-0.2, 0) is 15.6 Å². The molecule has 2 aliphatic carbocycles. The molecule has 0 radical (unpaired) electrons. The fourth-order valence-electron chi connectivity index (χ4n) is 11.8. The van der Waals surface area contributed by atoms with E-state index >= 15 is 0 Å². The average Bonchev–Trinajstić information content (AvgIpc) is 3.71. The third-order valence-electron chi connectivity index (χ3n) is 15.0. The third kappa shape index (κ3) is 5.55. The van der Waals surface area contributed by atoms with Gasteiger partial charge in [0.25, 0.3) is 5.56 Å². The minimum Gasteiger partial charge on any atom is -0.492 e. The molecule has 2 saturated carbocycles. The molecule has 2 spiro atoms. The molecule has 4 aromatic rings. The summed E-state index contributed by atoms with van der Waals surface area (Å²) in [4.78, 5) is 48.6. The quantitative estimate of drug-likeness (QED) is 0.195. The van der Waals surface area contributed by atoms with Crippen molar-refractivity contribution in [2.45, 2.75) is 113 Å². The van der Waals surface area contributed by atoms with E-state index in [1.165, 1.54) is 35.2 Å². The molecule has 6 aliphatic rings. The van der Waals surface area contributed by atoms with Crippen LogP contribution in [0.2, 0.25) is 5.02 Å². The molecule has 2 unspecified atom stereocenters. The van der Waals surface area contributed by atoms with Crippen LogP contribution in [0.5, 0.6) is 5.75 Å². The molecule has 4 aliphatic heterocycles. The zero-order chi connectivity index (χ0) is 37.5. The molecule has 0 N–H and O–H groups in total. The summed E-state index contributed by atoms with van der Waals surface area (Å²) < 4.78 is 8.46. The number of carbonyl (C=O) groups is 2. The number of likely N-dealkylation sites (tertiary alicyclic amines) is 2. The highest BCUT2D eigenvalue weighted by atomic mass is 35.5. The van der Waals surface area contributed by atoms with Crippen molar-refractivity contribution in [3.63, 3.8) is 0 Å². The molecule has 2 atom stereocenters. The first-order valence-electron chi connectivity index (χ1n) is 20.9. The van der Waals surface area contributed by atoms with E-state index < -0.39 is 0 Å². The van der Waals surface area contributed by atoms with E-state index in [1.54, 1.807) is 6.07 Å². The number of benzene rings is 3. The molecule has 1 amide bonds. The second-order valence-electron chi connectivity index (χ2n) is 17.6. The van der Waals surface area contributed by atoms with Gasteiger partial charge in [0.05, 0.1) is 33.6 Å². The van der Waals surface area contributed by atoms with Gasteiger partial charge in [0.1, 0.15) is 17.9 Å². The number of hydrogen-bond donors (Lipinski definition) is 0. The van der Waals surface area contributed by atoms with Gasteiger partial charge < -0.3 is 14.5 Å². The minimum absolute atomic E-state index is 0.0608. The first kappa shape index (κ1) is 35.4. The fraction of sp³-hybridized carbons (Fsp3) is 0.522. The van der Waals surface area contributed by atoms with Gasteiger partial charge in [-0.3, -0.25) is 19.0 Å².